The van der Waals surface area contributed by atoms with E-state index in [-0.39, 0.29) is 58.4 Å². The van der Waals surface area contributed by atoms with Crippen LogP contribution in [0.2, 0.25) is 0 Å². The van der Waals surface area contributed by atoms with Crippen molar-refractivity contribution in [3.05, 3.63) is 251 Å². The number of aliphatic hydroxyl groups excluding tert-OH is 2. The highest BCUT2D eigenvalue weighted by Crippen LogP contribution is 2.38. The van der Waals surface area contributed by atoms with Gasteiger partial charge in [0.2, 0.25) is 0 Å². The highest BCUT2D eigenvalue weighted by atomic mass is 16.8. The smallest absolute Gasteiger partial charge is 0.338 e. The molecule has 3 heterocycles. The van der Waals surface area contributed by atoms with Gasteiger partial charge in [0.25, 0.3) is 0 Å². The fourth-order valence-corrected chi connectivity index (χ4v) is 10.9. The maximum atomic E-state index is 14.1. The molecular weight excluding hydrogens is 1160 g/mol. The van der Waals surface area contributed by atoms with Gasteiger partial charge in [0, 0.05) is 13.8 Å². The summed E-state index contributed by atoms with van der Waals surface area (Å²) in [7, 11) is 0. The van der Waals surface area contributed by atoms with Crippen molar-refractivity contribution in [1.29, 1.82) is 0 Å². The molecule has 0 aliphatic carbocycles. The molecule has 0 radical (unpaired) electrons. The van der Waals surface area contributed by atoms with Gasteiger partial charge in [0.05, 0.1) is 58.4 Å². The van der Waals surface area contributed by atoms with Crippen LogP contribution in [0.1, 0.15) is 57.6 Å². The van der Waals surface area contributed by atoms with Crippen LogP contribution in [0.5, 0.6) is 0 Å². The van der Waals surface area contributed by atoms with Crippen molar-refractivity contribution in [3.63, 3.8) is 0 Å². The number of carbonyl (C=O) groups excluding carboxylic acids is 3. The molecule has 3 fully saturated rings. The zero-order valence-corrected chi connectivity index (χ0v) is 50.1. The van der Waals surface area contributed by atoms with Gasteiger partial charge in [-0.25, -0.2) is 4.79 Å². The Morgan fingerprint density at radius 2 is 0.700 bits per heavy atom. The quantitative estimate of drug-likeness (QED) is 0.0330. The van der Waals surface area contributed by atoms with E-state index < -0.39 is 117 Å². The van der Waals surface area contributed by atoms with Gasteiger partial charge in [-0.1, -0.05) is 200 Å². The van der Waals surface area contributed by atoms with E-state index >= 15 is 0 Å². The van der Waals surface area contributed by atoms with Crippen LogP contribution in [-0.4, -0.2) is 140 Å². The van der Waals surface area contributed by atoms with Crippen LogP contribution >= 0.6 is 0 Å². The monoisotopic (exact) mass is 1230 g/mol. The van der Waals surface area contributed by atoms with Crippen molar-refractivity contribution >= 4 is 17.9 Å². The number of rotatable bonds is 29. The minimum absolute atomic E-state index is 0.0179. The standard InChI is InChI=1S/C71H76O19/c1-47(72)84-66-62(80-41-52-30-16-6-17-31-52)59(74)56(44-77-38-49-24-10-3-11-25-49)87-70(66)89-61-58(46-83-68(75)55-36-22-9-23-37-55)88-71(67(85-48(2)73)63(61)81-42-53-32-18-7-19-33-53)90-64-60(79-40-51-28-14-5-15-29-51)57(45-78-39-50-26-12-4-13-27-50)86-69(76)65(64)82-43-54-34-20-8-21-35-54/h3-37,56-67,69-71,74,76H,38-46H2,1-2H3. The van der Waals surface area contributed by atoms with Crippen LogP contribution in [-0.2, 0) is 116 Å². The lowest BCUT2D eigenvalue weighted by Gasteiger charge is -2.50. The maximum absolute atomic E-state index is 14.1. The highest BCUT2D eigenvalue weighted by molar-refractivity contribution is 5.89. The molecule has 3 aliphatic rings. The number of esters is 3. The van der Waals surface area contributed by atoms with E-state index in [1.54, 1.807) is 30.3 Å². The molecule has 0 bridgehead atoms. The van der Waals surface area contributed by atoms with Gasteiger partial charge < -0.3 is 76.5 Å². The average Bonchev–Trinajstić information content (AvgIpc) is 0.797. The second-order valence-electron chi connectivity index (χ2n) is 22.0. The van der Waals surface area contributed by atoms with E-state index in [0.717, 1.165) is 27.8 Å². The van der Waals surface area contributed by atoms with Crippen LogP contribution in [0.4, 0.5) is 0 Å². The summed E-state index contributed by atoms with van der Waals surface area (Å²) in [6.45, 7) is 1.77. The zero-order valence-electron chi connectivity index (χ0n) is 50.1. The summed E-state index contributed by atoms with van der Waals surface area (Å²) in [6, 6.07) is 64.5. The summed E-state index contributed by atoms with van der Waals surface area (Å²) in [6.07, 6.45) is -21.2. The summed E-state index contributed by atoms with van der Waals surface area (Å²) in [4.78, 5) is 41.3. The Morgan fingerprint density at radius 3 is 1.14 bits per heavy atom. The Bertz CT molecular complexity index is 3230. The fraction of sp³-hybridized carbons (Fsp3) is 0.366. The van der Waals surface area contributed by atoms with Gasteiger partial charge in [-0.15, -0.1) is 0 Å². The molecular formula is C71H76O19. The summed E-state index contributed by atoms with van der Waals surface area (Å²) in [5, 5.41) is 24.5. The molecule has 7 aromatic carbocycles. The summed E-state index contributed by atoms with van der Waals surface area (Å²) >= 11 is 0. The third kappa shape index (κ3) is 18.5. The third-order valence-corrected chi connectivity index (χ3v) is 15.3. The molecule has 0 aromatic heterocycles. The van der Waals surface area contributed by atoms with Crippen molar-refractivity contribution in [2.45, 2.75) is 146 Å². The number of benzene rings is 7. The van der Waals surface area contributed by atoms with Gasteiger partial charge in [0.15, 0.2) is 31.1 Å². The second-order valence-corrected chi connectivity index (χ2v) is 22.0. The Morgan fingerprint density at radius 1 is 0.356 bits per heavy atom. The minimum Gasteiger partial charge on any atom is -0.459 e. The lowest BCUT2D eigenvalue weighted by atomic mass is 9.95. The lowest BCUT2D eigenvalue weighted by Crippen LogP contribution is -2.68. The number of ether oxygens (including phenoxy) is 14. The number of aliphatic hydroxyl groups is 2. The molecule has 19 nitrogen and oxygen atoms in total. The Balaban J connectivity index is 1.06. The van der Waals surface area contributed by atoms with Crippen molar-refractivity contribution < 1.29 is 90.9 Å². The van der Waals surface area contributed by atoms with E-state index in [1.807, 2.05) is 182 Å². The van der Waals surface area contributed by atoms with Crippen LogP contribution in [0.15, 0.2) is 212 Å². The van der Waals surface area contributed by atoms with E-state index in [0.29, 0.717) is 5.56 Å². The van der Waals surface area contributed by atoms with Gasteiger partial charge in [0.1, 0.15) is 67.6 Å². The molecule has 7 aromatic rings. The predicted molar refractivity (Wildman–Crippen MR) is 324 cm³/mol. The van der Waals surface area contributed by atoms with Crippen LogP contribution in [0.25, 0.3) is 0 Å². The molecule has 10 rings (SSSR count). The number of carbonyl (C=O) groups is 3. The zero-order chi connectivity index (χ0) is 62.4. The first-order valence-corrected chi connectivity index (χ1v) is 30.1. The molecule has 0 saturated carbocycles. The number of hydrogen-bond acceptors (Lipinski definition) is 19. The Hall–Kier alpha value is -7.57. The molecule has 15 atom stereocenters. The molecule has 3 aliphatic heterocycles. The molecule has 2 N–H and O–H groups in total. The van der Waals surface area contributed by atoms with Crippen LogP contribution in [0.3, 0.4) is 0 Å². The van der Waals surface area contributed by atoms with Gasteiger partial charge in [-0.05, 0) is 45.5 Å². The first-order valence-electron chi connectivity index (χ1n) is 30.1. The summed E-state index contributed by atoms with van der Waals surface area (Å²) in [5.74, 6) is -2.27. The van der Waals surface area contributed by atoms with Crippen molar-refractivity contribution in [2.24, 2.45) is 0 Å². The van der Waals surface area contributed by atoms with Gasteiger partial charge in [-0.3, -0.25) is 9.59 Å². The van der Waals surface area contributed by atoms with Gasteiger partial charge in [-0.2, -0.15) is 0 Å². The molecule has 15 unspecified atom stereocenters. The molecule has 474 valence electrons. The van der Waals surface area contributed by atoms with Crippen molar-refractivity contribution in [1.82, 2.24) is 0 Å². The van der Waals surface area contributed by atoms with Gasteiger partial charge >= 0.3 is 17.9 Å². The maximum Gasteiger partial charge on any atom is 0.338 e. The molecule has 3 saturated heterocycles. The Labute approximate surface area is 523 Å². The Kier molecular flexibility index (Phi) is 24.3. The largest absolute Gasteiger partial charge is 0.459 e. The first-order chi connectivity index (χ1) is 44.0. The van der Waals surface area contributed by atoms with E-state index in [2.05, 4.69) is 0 Å². The molecule has 90 heavy (non-hydrogen) atoms. The minimum atomic E-state index is -1.68. The molecule has 0 amide bonds. The SMILES string of the molecule is CC(=O)OC1C(OC2C(COC(=O)c3ccccc3)OC(OC3C(OCc4ccccc4)C(O)OC(COCc4ccccc4)C3OCc3ccccc3)C(OC(C)=O)C2OCc2ccccc2)OC(COCc2ccccc2)C(O)C1OCc1ccccc1. The average molecular weight is 1230 g/mol. The molecule has 19 heteroatoms. The summed E-state index contributed by atoms with van der Waals surface area (Å²) in [5.41, 5.74) is 4.98. The topological polar surface area (TPSA) is 221 Å². The van der Waals surface area contributed by atoms with Crippen LogP contribution in [0, 0.1) is 0 Å². The van der Waals surface area contributed by atoms with Crippen LogP contribution < -0.4 is 0 Å². The fourth-order valence-electron chi connectivity index (χ4n) is 10.9. The predicted octanol–water partition coefficient (Wildman–Crippen LogP) is 8.78. The first kappa shape index (κ1) is 65.4. The molecule has 0 spiro atoms. The van der Waals surface area contributed by atoms with Crippen molar-refractivity contribution in [2.75, 3.05) is 19.8 Å². The summed E-state index contributed by atoms with van der Waals surface area (Å²) < 4.78 is 92.5. The van der Waals surface area contributed by atoms with E-state index in [4.69, 9.17) is 66.3 Å². The van der Waals surface area contributed by atoms with E-state index in [1.165, 1.54) is 13.8 Å². The number of hydrogen-bond donors (Lipinski definition) is 2. The van der Waals surface area contributed by atoms with Crippen molar-refractivity contribution in [3.8, 4) is 0 Å². The second kappa shape index (κ2) is 33.5. The highest BCUT2D eigenvalue weighted by Gasteiger charge is 2.58. The van der Waals surface area contributed by atoms with E-state index in [9.17, 15) is 24.6 Å². The lowest BCUT2D eigenvalue weighted by molar-refractivity contribution is -0.387. The third-order valence-electron chi connectivity index (χ3n) is 15.3. The normalized spacial score (nSPS) is 26.6.